The molecule has 138 valence electrons. The van der Waals surface area contributed by atoms with Gasteiger partial charge < -0.3 is 10.2 Å². The molecule has 1 aliphatic heterocycles. The number of hydrogen-bond donors (Lipinski definition) is 2. The molecule has 0 aliphatic carbocycles. The Labute approximate surface area is 160 Å². The van der Waals surface area contributed by atoms with E-state index in [1.165, 1.54) is 18.3 Å². The zero-order chi connectivity index (χ0) is 18.8. The summed E-state index contributed by atoms with van der Waals surface area (Å²) < 4.78 is 0. The van der Waals surface area contributed by atoms with Crippen molar-refractivity contribution in [2.75, 3.05) is 6.54 Å². The molecule has 0 unspecified atom stereocenters. The third kappa shape index (κ3) is 3.61. The van der Waals surface area contributed by atoms with Gasteiger partial charge in [-0.1, -0.05) is 36.4 Å². The molecule has 27 heavy (non-hydrogen) atoms. The van der Waals surface area contributed by atoms with Gasteiger partial charge in [-0.3, -0.25) is 14.7 Å². The summed E-state index contributed by atoms with van der Waals surface area (Å²) in [7, 11) is 0. The average Bonchev–Trinajstić information content (AvgIpc) is 3.41. The van der Waals surface area contributed by atoms with Gasteiger partial charge in [0.25, 0.3) is 5.91 Å². The second kappa shape index (κ2) is 7.32. The van der Waals surface area contributed by atoms with E-state index in [-0.39, 0.29) is 23.9 Å². The third-order valence-electron chi connectivity index (χ3n) is 4.55. The molecule has 2 N–H and O–H groups in total. The van der Waals surface area contributed by atoms with Crippen molar-refractivity contribution in [2.45, 2.75) is 25.4 Å². The highest BCUT2D eigenvalue weighted by Gasteiger charge is 2.39. The second-order valence-corrected chi connectivity index (χ2v) is 7.44. The van der Waals surface area contributed by atoms with Gasteiger partial charge in [0.05, 0.1) is 10.9 Å². The number of carbonyl (C=O) groups is 2. The number of hydrogen-bond acceptors (Lipinski definition) is 5. The van der Waals surface area contributed by atoms with E-state index in [0.717, 1.165) is 5.56 Å². The van der Waals surface area contributed by atoms with E-state index in [9.17, 15) is 9.59 Å². The molecule has 7 nitrogen and oxygen atoms in total. The highest BCUT2D eigenvalue weighted by Crippen LogP contribution is 2.33. The standard InChI is InChI=1S/C19H19N5O2S/c1-12(25)20-14-10-15(24(11-14)19(26)16-8-5-9-27-16)18-21-17(22-23-18)13-6-3-2-4-7-13/h2-9,14-15H,10-11H2,1H3,(H,20,25)(H,21,22,23)/t14-,15-/m0/s1. The van der Waals surface area contributed by atoms with Gasteiger partial charge in [-0.2, -0.15) is 5.10 Å². The Balaban J connectivity index is 1.62. The lowest BCUT2D eigenvalue weighted by atomic mass is 10.1. The number of thiophene rings is 1. The van der Waals surface area contributed by atoms with Crippen molar-refractivity contribution >= 4 is 23.2 Å². The monoisotopic (exact) mass is 381 g/mol. The Morgan fingerprint density at radius 1 is 1.22 bits per heavy atom. The first kappa shape index (κ1) is 17.4. The van der Waals surface area contributed by atoms with Gasteiger partial charge in [0, 0.05) is 25.1 Å². The molecule has 1 saturated heterocycles. The highest BCUT2D eigenvalue weighted by atomic mass is 32.1. The summed E-state index contributed by atoms with van der Waals surface area (Å²) in [5.74, 6) is 1.07. The Morgan fingerprint density at radius 3 is 2.74 bits per heavy atom. The lowest BCUT2D eigenvalue weighted by molar-refractivity contribution is -0.119. The normalized spacial score (nSPS) is 19.2. The SMILES string of the molecule is CC(=O)N[C@H]1C[C@@H](c2nc(-c3ccccc3)n[nH]2)N(C(=O)c2cccs2)C1. The van der Waals surface area contributed by atoms with E-state index >= 15 is 0 Å². The van der Waals surface area contributed by atoms with Crippen LogP contribution in [0.2, 0.25) is 0 Å². The molecular formula is C19H19N5O2S. The van der Waals surface area contributed by atoms with E-state index in [2.05, 4.69) is 20.5 Å². The molecule has 0 spiro atoms. The average molecular weight is 381 g/mol. The van der Waals surface area contributed by atoms with Gasteiger partial charge in [-0.15, -0.1) is 11.3 Å². The molecule has 0 saturated carbocycles. The van der Waals surface area contributed by atoms with Gasteiger partial charge in [0.1, 0.15) is 5.82 Å². The van der Waals surface area contributed by atoms with Gasteiger partial charge in [-0.25, -0.2) is 4.98 Å². The fourth-order valence-electron chi connectivity index (χ4n) is 3.39. The lowest BCUT2D eigenvalue weighted by Crippen LogP contribution is -2.37. The molecule has 1 fully saturated rings. The summed E-state index contributed by atoms with van der Waals surface area (Å²) in [5.41, 5.74) is 0.910. The summed E-state index contributed by atoms with van der Waals surface area (Å²) in [5, 5.41) is 12.1. The largest absolute Gasteiger partial charge is 0.352 e. The summed E-state index contributed by atoms with van der Waals surface area (Å²) in [6, 6.07) is 13.0. The van der Waals surface area contributed by atoms with Crippen LogP contribution in [0.25, 0.3) is 11.4 Å². The first-order valence-electron chi connectivity index (χ1n) is 8.71. The molecule has 2 atom stereocenters. The van der Waals surface area contributed by atoms with Crippen molar-refractivity contribution in [2.24, 2.45) is 0 Å². The van der Waals surface area contributed by atoms with Crippen LogP contribution in [-0.4, -0.2) is 44.5 Å². The van der Waals surface area contributed by atoms with Crippen LogP contribution < -0.4 is 5.32 Å². The fraction of sp³-hybridized carbons (Fsp3) is 0.263. The summed E-state index contributed by atoms with van der Waals surface area (Å²) in [4.78, 5) is 31.5. The Kier molecular flexibility index (Phi) is 4.72. The zero-order valence-corrected chi connectivity index (χ0v) is 15.6. The van der Waals surface area contributed by atoms with Crippen LogP contribution in [0.15, 0.2) is 47.8 Å². The lowest BCUT2D eigenvalue weighted by Gasteiger charge is -2.22. The Hall–Kier alpha value is -3.00. The quantitative estimate of drug-likeness (QED) is 0.727. The number of aromatic nitrogens is 3. The van der Waals surface area contributed by atoms with E-state index < -0.39 is 0 Å². The Morgan fingerprint density at radius 2 is 2.04 bits per heavy atom. The first-order valence-corrected chi connectivity index (χ1v) is 9.59. The number of rotatable bonds is 4. The van der Waals surface area contributed by atoms with Crippen LogP contribution in [0.5, 0.6) is 0 Å². The molecule has 1 aromatic carbocycles. The summed E-state index contributed by atoms with van der Waals surface area (Å²) in [6.07, 6.45) is 0.597. The van der Waals surface area contributed by atoms with Crippen LogP contribution in [0, 0.1) is 0 Å². The highest BCUT2D eigenvalue weighted by molar-refractivity contribution is 7.12. The number of aromatic amines is 1. The molecule has 1 aliphatic rings. The molecule has 8 heteroatoms. The molecule has 4 rings (SSSR count). The molecule has 0 radical (unpaired) electrons. The van der Waals surface area contributed by atoms with E-state index in [1.807, 2.05) is 47.8 Å². The Bertz CT molecular complexity index is 938. The van der Waals surface area contributed by atoms with Crippen molar-refractivity contribution in [3.8, 4) is 11.4 Å². The maximum Gasteiger partial charge on any atom is 0.264 e. The predicted octanol–water partition coefficient (Wildman–Crippen LogP) is 2.63. The second-order valence-electron chi connectivity index (χ2n) is 6.49. The van der Waals surface area contributed by atoms with Crippen LogP contribution in [-0.2, 0) is 4.79 Å². The van der Waals surface area contributed by atoms with E-state index in [1.54, 1.807) is 4.90 Å². The van der Waals surface area contributed by atoms with Crippen LogP contribution in [0.3, 0.4) is 0 Å². The number of benzene rings is 1. The van der Waals surface area contributed by atoms with Crippen molar-refractivity contribution in [1.29, 1.82) is 0 Å². The van der Waals surface area contributed by atoms with Crippen molar-refractivity contribution < 1.29 is 9.59 Å². The van der Waals surface area contributed by atoms with Gasteiger partial charge >= 0.3 is 0 Å². The minimum atomic E-state index is -0.263. The van der Waals surface area contributed by atoms with Gasteiger partial charge in [0.15, 0.2) is 5.82 Å². The number of nitrogens with one attached hydrogen (secondary N) is 2. The van der Waals surface area contributed by atoms with Gasteiger partial charge in [0.2, 0.25) is 5.91 Å². The van der Waals surface area contributed by atoms with Crippen LogP contribution in [0.4, 0.5) is 0 Å². The maximum atomic E-state index is 13.0. The molecular weight excluding hydrogens is 362 g/mol. The van der Waals surface area contributed by atoms with Crippen LogP contribution >= 0.6 is 11.3 Å². The van der Waals surface area contributed by atoms with Gasteiger partial charge in [-0.05, 0) is 17.9 Å². The number of carbonyl (C=O) groups excluding carboxylic acids is 2. The van der Waals surface area contributed by atoms with Crippen molar-refractivity contribution in [3.63, 3.8) is 0 Å². The van der Waals surface area contributed by atoms with Crippen LogP contribution in [0.1, 0.15) is 34.9 Å². The van der Waals surface area contributed by atoms with E-state index in [0.29, 0.717) is 29.5 Å². The number of H-pyrrole nitrogens is 1. The third-order valence-corrected chi connectivity index (χ3v) is 5.41. The first-order chi connectivity index (χ1) is 13.1. The molecule has 2 aromatic heterocycles. The molecule has 3 heterocycles. The molecule has 0 bridgehead atoms. The summed E-state index contributed by atoms with van der Waals surface area (Å²) >= 11 is 1.41. The zero-order valence-electron chi connectivity index (χ0n) is 14.8. The minimum Gasteiger partial charge on any atom is -0.352 e. The minimum absolute atomic E-state index is 0.0551. The molecule has 2 amide bonds. The maximum absolute atomic E-state index is 13.0. The predicted molar refractivity (Wildman–Crippen MR) is 102 cm³/mol. The van der Waals surface area contributed by atoms with Crippen molar-refractivity contribution in [3.05, 3.63) is 58.5 Å². The summed E-state index contributed by atoms with van der Waals surface area (Å²) in [6.45, 7) is 1.93. The fourth-order valence-corrected chi connectivity index (χ4v) is 4.07. The van der Waals surface area contributed by atoms with Crippen molar-refractivity contribution in [1.82, 2.24) is 25.4 Å². The number of nitrogens with zero attached hydrogens (tertiary/aromatic N) is 3. The number of amides is 2. The van der Waals surface area contributed by atoms with E-state index in [4.69, 9.17) is 0 Å². The topological polar surface area (TPSA) is 91.0 Å². The number of likely N-dealkylation sites (tertiary alicyclic amines) is 1. The smallest absolute Gasteiger partial charge is 0.264 e. The molecule has 3 aromatic rings.